The summed E-state index contributed by atoms with van der Waals surface area (Å²) < 4.78 is 0. The van der Waals surface area contributed by atoms with Gasteiger partial charge >= 0.3 is 0 Å². The highest BCUT2D eigenvalue weighted by molar-refractivity contribution is 7.09. The normalized spacial score (nSPS) is 18.7. The van der Waals surface area contributed by atoms with Crippen molar-refractivity contribution >= 4 is 36.9 Å². The molecule has 2 heteroatoms. The fourth-order valence-corrected chi connectivity index (χ4v) is 14.3. The molecule has 0 saturated carbocycles. The first kappa shape index (κ1) is 19.4. The molecule has 1 aliphatic rings. The Bertz CT molecular complexity index is 1050. The van der Waals surface area contributed by atoms with Crippen LogP contribution in [0.15, 0.2) is 66.7 Å². The predicted molar refractivity (Wildman–Crippen MR) is 130 cm³/mol. The number of hydrogen-bond donors (Lipinski definition) is 0. The molecule has 0 fully saturated rings. The van der Waals surface area contributed by atoms with Crippen LogP contribution in [-0.4, -0.2) is 16.1 Å². The van der Waals surface area contributed by atoms with E-state index in [2.05, 4.69) is 114 Å². The molecule has 0 bridgehead atoms. The van der Waals surface area contributed by atoms with Gasteiger partial charge in [0.25, 0.3) is 0 Å². The first-order valence-electron chi connectivity index (χ1n) is 10.4. The summed E-state index contributed by atoms with van der Waals surface area (Å²) in [5.74, 6) is 0. The lowest BCUT2D eigenvalue weighted by atomic mass is 9.78. The van der Waals surface area contributed by atoms with Crippen LogP contribution in [0.5, 0.6) is 0 Å². The van der Waals surface area contributed by atoms with Gasteiger partial charge in [0.15, 0.2) is 0 Å². The number of hydrogen-bond acceptors (Lipinski definition) is 0. The summed E-state index contributed by atoms with van der Waals surface area (Å²) in [5.41, 5.74) is 4.50. The standard InChI is InChI=1S/C26H32Si2/c1-19-13-12-18-24-25(19)28(6,7)23-17-11-9-15-21(23)26(2,3)20-14-8-10-16-22(20)27(24,4)5/h8-18H,1-7H3. The molecule has 1 heterocycles. The van der Waals surface area contributed by atoms with Gasteiger partial charge in [-0.25, -0.2) is 0 Å². The van der Waals surface area contributed by atoms with E-state index in [-0.39, 0.29) is 5.41 Å². The third-order valence-electron chi connectivity index (χ3n) is 7.12. The van der Waals surface area contributed by atoms with Gasteiger partial charge in [-0.2, -0.15) is 0 Å². The van der Waals surface area contributed by atoms with Gasteiger partial charge in [0.2, 0.25) is 0 Å². The summed E-state index contributed by atoms with van der Waals surface area (Å²) in [5, 5.41) is 6.50. The Morgan fingerprint density at radius 3 is 1.61 bits per heavy atom. The van der Waals surface area contributed by atoms with E-state index in [1.165, 1.54) is 16.7 Å². The fourth-order valence-electron chi connectivity index (χ4n) is 5.59. The second-order valence-corrected chi connectivity index (χ2v) is 18.6. The van der Waals surface area contributed by atoms with Crippen molar-refractivity contribution in [2.75, 3.05) is 0 Å². The zero-order chi connectivity index (χ0) is 20.3. The first-order valence-corrected chi connectivity index (χ1v) is 16.4. The average Bonchev–Trinajstić information content (AvgIpc) is 2.68. The summed E-state index contributed by atoms with van der Waals surface area (Å²) in [6.07, 6.45) is 0. The Hall–Kier alpha value is -1.91. The Morgan fingerprint density at radius 1 is 0.571 bits per heavy atom. The molecule has 0 nitrogen and oxygen atoms in total. The second-order valence-electron chi connectivity index (χ2n) is 9.96. The maximum absolute atomic E-state index is 2.56. The van der Waals surface area contributed by atoms with Crippen LogP contribution in [0, 0.1) is 6.92 Å². The van der Waals surface area contributed by atoms with Crippen molar-refractivity contribution in [1.29, 1.82) is 0 Å². The van der Waals surface area contributed by atoms with Crippen molar-refractivity contribution in [3.05, 3.63) is 83.4 Å². The molecule has 3 aromatic carbocycles. The molecule has 0 aliphatic carbocycles. The molecule has 0 N–H and O–H groups in total. The largest absolute Gasteiger partial charge is 0.112 e. The first-order chi connectivity index (χ1) is 13.1. The van der Waals surface area contributed by atoms with Crippen molar-refractivity contribution in [2.45, 2.75) is 52.4 Å². The number of rotatable bonds is 0. The van der Waals surface area contributed by atoms with Crippen molar-refractivity contribution in [2.24, 2.45) is 0 Å². The topological polar surface area (TPSA) is 0 Å². The predicted octanol–water partition coefficient (Wildman–Crippen LogP) is 4.28. The fraction of sp³-hybridized carbons (Fsp3) is 0.308. The zero-order valence-electron chi connectivity index (χ0n) is 18.4. The molecular formula is C26H32Si2. The molecule has 4 rings (SSSR count). The van der Waals surface area contributed by atoms with Gasteiger partial charge < -0.3 is 0 Å². The second kappa shape index (κ2) is 6.30. The summed E-state index contributed by atoms with van der Waals surface area (Å²) in [6.45, 7) is 17.4. The van der Waals surface area contributed by atoms with Crippen molar-refractivity contribution in [3.8, 4) is 0 Å². The maximum Gasteiger partial charge on any atom is 0.112 e. The number of fused-ring (bicyclic) bond motifs is 3. The number of benzene rings is 3. The lowest BCUT2D eigenvalue weighted by molar-refractivity contribution is 0.648. The summed E-state index contributed by atoms with van der Waals surface area (Å²) >= 11 is 0. The maximum atomic E-state index is 2.56. The van der Waals surface area contributed by atoms with Crippen molar-refractivity contribution in [1.82, 2.24) is 0 Å². The molecule has 1 aliphatic heterocycles. The van der Waals surface area contributed by atoms with Gasteiger partial charge in [-0.3, -0.25) is 0 Å². The van der Waals surface area contributed by atoms with Crippen LogP contribution in [0.2, 0.25) is 26.2 Å². The van der Waals surface area contributed by atoms with E-state index >= 15 is 0 Å². The van der Waals surface area contributed by atoms with Crippen LogP contribution < -0.4 is 20.7 Å². The summed E-state index contributed by atoms with van der Waals surface area (Å²) in [6, 6.07) is 25.6. The van der Waals surface area contributed by atoms with Crippen LogP contribution in [0.3, 0.4) is 0 Å². The van der Waals surface area contributed by atoms with E-state index in [1.54, 1.807) is 20.7 Å². The van der Waals surface area contributed by atoms with Crippen molar-refractivity contribution < 1.29 is 0 Å². The zero-order valence-corrected chi connectivity index (χ0v) is 20.4. The van der Waals surface area contributed by atoms with Gasteiger partial charge in [-0.1, -0.05) is 133 Å². The monoisotopic (exact) mass is 400 g/mol. The molecule has 0 atom stereocenters. The van der Waals surface area contributed by atoms with E-state index in [1.807, 2.05) is 0 Å². The van der Waals surface area contributed by atoms with E-state index in [9.17, 15) is 0 Å². The van der Waals surface area contributed by atoms with Crippen LogP contribution in [0.4, 0.5) is 0 Å². The summed E-state index contributed by atoms with van der Waals surface area (Å²) in [7, 11) is -3.73. The molecular weight excluding hydrogens is 368 g/mol. The van der Waals surface area contributed by atoms with Gasteiger partial charge in [-0.15, -0.1) is 0 Å². The summed E-state index contributed by atoms with van der Waals surface area (Å²) in [4.78, 5) is 0. The van der Waals surface area contributed by atoms with E-state index in [0.717, 1.165) is 0 Å². The van der Waals surface area contributed by atoms with Gasteiger partial charge in [0.05, 0.1) is 0 Å². The van der Waals surface area contributed by atoms with E-state index in [4.69, 9.17) is 0 Å². The minimum atomic E-state index is -1.87. The number of aryl methyl sites for hydroxylation is 1. The van der Waals surface area contributed by atoms with E-state index < -0.39 is 16.1 Å². The molecule has 144 valence electrons. The highest BCUT2D eigenvalue weighted by Gasteiger charge is 2.43. The lowest BCUT2D eigenvalue weighted by Crippen LogP contribution is -2.67. The average molecular weight is 401 g/mol. The van der Waals surface area contributed by atoms with Crippen molar-refractivity contribution in [3.63, 3.8) is 0 Å². The molecule has 0 amide bonds. The molecule has 0 aromatic heterocycles. The van der Waals surface area contributed by atoms with Gasteiger partial charge in [0.1, 0.15) is 16.1 Å². The minimum Gasteiger partial charge on any atom is -0.0627 e. The smallest absolute Gasteiger partial charge is 0.0627 e. The molecule has 0 radical (unpaired) electrons. The van der Waals surface area contributed by atoms with Gasteiger partial charge in [0, 0.05) is 5.41 Å². The quantitative estimate of drug-likeness (QED) is 0.494. The molecule has 0 spiro atoms. The highest BCUT2D eigenvalue weighted by Crippen LogP contribution is 2.33. The Morgan fingerprint density at radius 2 is 1.04 bits per heavy atom. The van der Waals surface area contributed by atoms with Gasteiger partial charge in [-0.05, 0) is 18.1 Å². The molecule has 28 heavy (non-hydrogen) atoms. The van der Waals surface area contributed by atoms with Crippen LogP contribution >= 0.6 is 0 Å². The Balaban J connectivity index is 2.26. The molecule has 0 saturated heterocycles. The molecule has 3 aromatic rings. The third-order valence-corrected chi connectivity index (χ3v) is 14.6. The lowest BCUT2D eigenvalue weighted by Gasteiger charge is -2.35. The Kier molecular flexibility index (Phi) is 4.37. The SMILES string of the molecule is Cc1cccc2c1[Si](C)(C)c1ccccc1C(C)(C)c1ccccc1[Si]2(C)C. The third kappa shape index (κ3) is 2.62. The minimum absolute atomic E-state index is 0.00231. The van der Waals surface area contributed by atoms with Crippen LogP contribution in [-0.2, 0) is 5.41 Å². The molecule has 0 unspecified atom stereocenters. The van der Waals surface area contributed by atoms with Crippen LogP contribution in [0.1, 0.15) is 30.5 Å². The van der Waals surface area contributed by atoms with Crippen LogP contribution in [0.25, 0.3) is 0 Å². The highest BCUT2D eigenvalue weighted by atomic mass is 28.3. The Labute approximate surface area is 172 Å². The van der Waals surface area contributed by atoms with E-state index in [0.29, 0.717) is 0 Å².